The van der Waals surface area contributed by atoms with E-state index in [9.17, 15) is 9.59 Å². The van der Waals surface area contributed by atoms with E-state index < -0.39 is 6.04 Å². The monoisotopic (exact) mass is 444 g/mol. The Balaban J connectivity index is 1.89. The molecule has 0 saturated carbocycles. The van der Waals surface area contributed by atoms with Crippen LogP contribution in [-0.2, 0) is 22.6 Å². The van der Waals surface area contributed by atoms with Gasteiger partial charge in [-0.3, -0.25) is 9.59 Å². The van der Waals surface area contributed by atoms with Gasteiger partial charge >= 0.3 is 0 Å². The molecule has 3 aromatic carbocycles. The van der Waals surface area contributed by atoms with E-state index in [2.05, 4.69) is 5.32 Å². The minimum atomic E-state index is -0.660. The van der Waals surface area contributed by atoms with Gasteiger partial charge in [0.05, 0.1) is 0 Å². The van der Waals surface area contributed by atoms with Crippen LogP contribution in [0.5, 0.6) is 5.75 Å². The molecule has 0 unspecified atom stereocenters. The van der Waals surface area contributed by atoms with Crippen LogP contribution < -0.4 is 10.1 Å². The average Bonchev–Trinajstić information content (AvgIpc) is 2.82. The normalized spacial score (nSPS) is 11.5. The smallest absolute Gasteiger partial charge is 0.261 e. The number of ether oxygens (including phenoxy) is 1. The van der Waals surface area contributed by atoms with Crippen LogP contribution in [-0.4, -0.2) is 36.4 Å². The third-order valence-corrected chi connectivity index (χ3v) is 5.80. The third kappa shape index (κ3) is 6.45. The van der Waals surface area contributed by atoms with Crippen LogP contribution in [0.15, 0.2) is 72.8 Å². The van der Waals surface area contributed by atoms with E-state index in [1.54, 1.807) is 11.9 Å². The molecule has 5 heteroatoms. The van der Waals surface area contributed by atoms with Gasteiger partial charge in [0.1, 0.15) is 11.8 Å². The number of nitrogens with zero attached hydrogens (tertiary/aromatic N) is 1. The van der Waals surface area contributed by atoms with Crippen molar-refractivity contribution in [3.63, 3.8) is 0 Å². The highest BCUT2D eigenvalue weighted by molar-refractivity contribution is 5.88. The number of hydrogen-bond donors (Lipinski definition) is 1. The van der Waals surface area contributed by atoms with Gasteiger partial charge in [0.2, 0.25) is 5.91 Å². The molecular weight excluding hydrogens is 412 g/mol. The molecule has 0 heterocycles. The number of aryl methyl sites for hydroxylation is 3. The van der Waals surface area contributed by atoms with Crippen molar-refractivity contribution in [3.05, 3.63) is 101 Å². The molecule has 0 aromatic heterocycles. The Morgan fingerprint density at radius 2 is 1.61 bits per heavy atom. The second kappa shape index (κ2) is 11.3. The van der Waals surface area contributed by atoms with Crippen LogP contribution >= 0.6 is 0 Å². The van der Waals surface area contributed by atoms with Gasteiger partial charge in [0.15, 0.2) is 6.61 Å². The van der Waals surface area contributed by atoms with Crippen molar-refractivity contribution in [2.75, 3.05) is 13.7 Å². The van der Waals surface area contributed by atoms with Crippen molar-refractivity contribution >= 4 is 11.8 Å². The van der Waals surface area contributed by atoms with E-state index in [0.717, 1.165) is 27.8 Å². The van der Waals surface area contributed by atoms with Crippen molar-refractivity contribution < 1.29 is 14.3 Å². The highest BCUT2D eigenvalue weighted by atomic mass is 16.5. The Morgan fingerprint density at radius 3 is 2.27 bits per heavy atom. The summed E-state index contributed by atoms with van der Waals surface area (Å²) >= 11 is 0. The van der Waals surface area contributed by atoms with Gasteiger partial charge in [-0.1, -0.05) is 72.3 Å². The number of carbonyl (C=O) groups is 2. The van der Waals surface area contributed by atoms with E-state index in [1.165, 1.54) is 0 Å². The Bertz CT molecular complexity index is 1100. The van der Waals surface area contributed by atoms with Gasteiger partial charge in [-0.25, -0.2) is 0 Å². The molecule has 3 aromatic rings. The molecule has 33 heavy (non-hydrogen) atoms. The van der Waals surface area contributed by atoms with Crippen LogP contribution in [0.1, 0.15) is 27.8 Å². The fraction of sp³-hybridized carbons (Fsp3) is 0.286. The zero-order chi connectivity index (χ0) is 23.8. The van der Waals surface area contributed by atoms with Gasteiger partial charge < -0.3 is 15.0 Å². The first-order valence-electron chi connectivity index (χ1n) is 11.2. The molecule has 0 saturated heterocycles. The molecule has 5 nitrogen and oxygen atoms in total. The average molecular weight is 445 g/mol. The molecule has 0 aliphatic rings. The number of rotatable bonds is 9. The van der Waals surface area contributed by atoms with E-state index in [4.69, 9.17) is 4.74 Å². The summed E-state index contributed by atoms with van der Waals surface area (Å²) in [6.07, 6.45) is 0.418. The van der Waals surface area contributed by atoms with E-state index in [-0.39, 0.29) is 18.4 Å². The van der Waals surface area contributed by atoms with Crippen molar-refractivity contribution in [1.82, 2.24) is 10.2 Å². The number of hydrogen-bond acceptors (Lipinski definition) is 3. The van der Waals surface area contributed by atoms with Crippen LogP contribution in [0.25, 0.3) is 0 Å². The molecule has 0 bridgehead atoms. The summed E-state index contributed by atoms with van der Waals surface area (Å²) in [4.78, 5) is 28.1. The standard InChI is InChI=1S/C28H32N2O3/c1-20-14-15-26(22(3)16-20)33-19-27(31)30(18-24-13-9-8-10-21(24)2)25(28(32)29-4)17-23-11-6-5-7-12-23/h5-16,25H,17-19H2,1-4H3,(H,29,32)/t25-/m0/s1. The summed E-state index contributed by atoms with van der Waals surface area (Å²) in [5.74, 6) is 0.236. The molecule has 1 N–H and O–H groups in total. The lowest BCUT2D eigenvalue weighted by Gasteiger charge is -2.31. The zero-order valence-electron chi connectivity index (χ0n) is 19.8. The Morgan fingerprint density at radius 1 is 0.909 bits per heavy atom. The largest absolute Gasteiger partial charge is 0.483 e. The molecule has 172 valence electrons. The minimum absolute atomic E-state index is 0.141. The highest BCUT2D eigenvalue weighted by Crippen LogP contribution is 2.20. The highest BCUT2D eigenvalue weighted by Gasteiger charge is 2.30. The van der Waals surface area contributed by atoms with Crippen molar-refractivity contribution in [1.29, 1.82) is 0 Å². The van der Waals surface area contributed by atoms with Crippen molar-refractivity contribution in [3.8, 4) is 5.75 Å². The quantitative estimate of drug-likeness (QED) is 0.533. The van der Waals surface area contributed by atoms with Gasteiger partial charge in [-0.05, 0) is 49.1 Å². The first-order chi connectivity index (χ1) is 15.9. The minimum Gasteiger partial charge on any atom is -0.483 e. The second-order valence-corrected chi connectivity index (χ2v) is 8.33. The van der Waals surface area contributed by atoms with E-state index in [1.807, 2.05) is 93.6 Å². The molecule has 3 rings (SSSR count). The first-order valence-corrected chi connectivity index (χ1v) is 11.2. The SMILES string of the molecule is CNC(=O)[C@H](Cc1ccccc1)N(Cc1ccccc1C)C(=O)COc1ccc(C)cc1C. The number of amides is 2. The topological polar surface area (TPSA) is 58.6 Å². The number of likely N-dealkylation sites (N-methyl/N-ethyl adjacent to an activating group) is 1. The Kier molecular flexibility index (Phi) is 8.25. The van der Waals surface area contributed by atoms with E-state index in [0.29, 0.717) is 18.7 Å². The van der Waals surface area contributed by atoms with Gasteiger partial charge in [0.25, 0.3) is 5.91 Å². The summed E-state index contributed by atoms with van der Waals surface area (Å²) in [6.45, 7) is 6.17. The number of benzene rings is 3. The Hall–Kier alpha value is -3.60. The van der Waals surface area contributed by atoms with Crippen LogP contribution in [0.4, 0.5) is 0 Å². The molecule has 0 aliphatic heterocycles. The summed E-state index contributed by atoms with van der Waals surface area (Å²) in [6, 6.07) is 22.9. The number of carbonyl (C=O) groups excluding carboxylic acids is 2. The fourth-order valence-electron chi connectivity index (χ4n) is 3.88. The third-order valence-electron chi connectivity index (χ3n) is 5.80. The molecule has 2 amide bonds. The second-order valence-electron chi connectivity index (χ2n) is 8.33. The van der Waals surface area contributed by atoms with Gasteiger partial charge in [-0.2, -0.15) is 0 Å². The first kappa shape index (κ1) is 24.1. The van der Waals surface area contributed by atoms with E-state index >= 15 is 0 Å². The molecule has 0 aliphatic carbocycles. The summed E-state index contributed by atoms with van der Waals surface area (Å²) < 4.78 is 5.89. The lowest BCUT2D eigenvalue weighted by Crippen LogP contribution is -2.51. The van der Waals surface area contributed by atoms with Gasteiger partial charge in [-0.15, -0.1) is 0 Å². The maximum absolute atomic E-state index is 13.5. The summed E-state index contributed by atoms with van der Waals surface area (Å²) in [7, 11) is 1.60. The Labute approximate surface area is 196 Å². The predicted octanol–water partition coefficient (Wildman–Crippen LogP) is 4.38. The lowest BCUT2D eigenvalue weighted by molar-refractivity contribution is -0.142. The summed E-state index contributed by atoms with van der Waals surface area (Å²) in [5, 5.41) is 2.74. The van der Waals surface area contributed by atoms with Gasteiger partial charge in [0, 0.05) is 20.0 Å². The fourth-order valence-corrected chi connectivity index (χ4v) is 3.88. The lowest BCUT2D eigenvalue weighted by atomic mass is 10.0. The van der Waals surface area contributed by atoms with Crippen molar-refractivity contribution in [2.45, 2.75) is 39.8 Å². The summed E-state index contributed by atoms with van der Waals surface area (Å²) in [5.41, 5.74) is 5.17. The molecule has 1 atom stereocenters. The maximum atomic E-state index is 13.5. The van der Waals surface area contributed by atoms with Crippen molar-refractivity contribution in [2.24, 2.45) is 0 Å². The van der Waals surface area contributed by atoms with Crippen LogP contribution in [0, 0.1) is 20.8 Å². The van der Waals surface area contributed by atoms with Crippen LogP contribution in [0.2, 0.25) is 0 Å². The number of nitrogens with one attached hydrogen (secondary N) is 1. The van der Waals surface area contributed by atoms with Crippen LogP contribution in [0.3, 0.4) is 0 Å². The predicted molar refractivity (Wildman–Crippen MR) is 131 cm³/mol. The molecule has 0 radical (unpaired) electrons. The molecular formula is C28H32N2O3. The molecule has 0 spiro atoms. The zero-order valence-corrected chi connectivity index (χ0v) is 19.8. The maximum Gasteiger partial charge on any atom is 0.261 e. The molecule has 0 fully saturated rings.